The van der Waals surface area contributed by atoms with Gasteiger partial charge in [-0.25, -0.2) is 19.2 Å². The van der Waals surface area contributed by atoms with Gasteiger partial charge in [0.2, 0.25) is 0 Å². The molecule has 0 radical (unpaired) electrons. The van der Waals surface area contributed by atoms with Gasteiger partial charge in [0.25, 0.3) is 5.91 Å². The van der Waals surface area contributed by atoms with Crippen LogP contribution in [0.5, 0.6) is 0 Å². The van der Waals surface area contributed by atoms with Crippen LogP contribution in [-0.2, 0) is 4.74 Å². The third-order valence-electron chi connectivity index (χ3n) is 5.25. The summed E-state index contributed by atoms with van der Waals surface area (Å²) in [4.78, 5) is 37.5. The maximum absolute atomic E-state index is 14.7. The second kappa shape index (κ2) is 9.15. The Labute approximate surface area is 183 Å². The molecule has 0 aliphatic carbocycles. The molecule has 1 saturated heterocycles. The normalized spacial score (nSPS) is 16.0. The Morgan fingerprint density at radius 3 is 2.97 bits per heavy atom. The molecule has 4 N–H and O–H groups in total. The molecule has 1 aliphatic heterocycles. The summed E-state index contributed by atoms with van der Waals surface area (Å²) >= 11 is 0. The summed E-state index contributed by atoms with van der Waals surface area (Å²) < 4.78 is 19.3. The number of carbonyl (C=O) groups is 2. The van der Waals surface area contributed by atoms with E-state index in [0.29, 0.717) is 35.7 Å². The molecule has 3 aromatic rings. The van der Waals surface area contributed by atoms with E-state index in [1.54, 1.807) is 18.3 Å². The molecule has 10 heteroatoms. The molecule has 0 saturated carbocycles. The van der Waals surface area contributed by atoms with Crippen molar-refractivity contribution in [2.45, 2.75) is 18.9 Å². The van der Waals surface area contributed by atoms with E-state index in [2.05, 4.69) is 25.0 Å². The minimum Gasteiger partial charge on any atom is -0.464 e. The van der Waals surface area contributed by atoms with Crippen LogP contribution in [0, 0.1) is 5.82 Å². The van der Waals surface area contributed by atoms with E-state index in [0.717, 1.165) is 12.8 Å². The van der Waals surface area contributed by atoms with Crippen molar-refractivity contribution in [3.05, 3.63) is 60.1 Å². The first kappa shape index (κ1) is 21.4. The Morgan fingerprint density at radius 1 is 1.34 bits per heavy atom. The smallest absolute Gasteiger partial charge is 0.356 e. The van der Waals surface area contributed by atoms with Crippen LogP contribution in [0.1, 0.15) is 33.9 Å². The van der Waals surface area contributed by atoms with Crippen LogP contribution in [0.25, 0.3) is 11.3 Å². The van der Waals surface area contributed by atoms with Crippen molar-refractivity contribution in [1.82, 2.24) is 15.0 Å². The van der Waals surface area contributed by atoms with Crippen LogP contribution in [-0.4, -0.2) is 53.1 Å². The largest absolute Gasteiger partial charge is 0.464 e. The van der Waals surface area contributed by atoms with Crippen molar-refractivity contribution in [2.24, 2.45) is 5.73 Å². The Hall–Kier alpha value is -3.79. The second-order valence-electron chi connectivity index (χ2n) is 7.49. The number of aromatic nitrogens is 3. The molecule has 32 heavy (non-hydrogen) atoms. The van der Waals surface area contributed by atoms with E-state index < -0.39 is 17.7 Å². The van der Waals surface area contributed by atoms with Crippen molar-refractivity contribution in [3.8, 4) is 11.3 Å². The first-order valence-corrected chi connectivity index (χ1v) is 10.2. The molecule has 1 aliphatic rings. The van der Waals surface area contributed by atoms with Crippen LogP contribution in [0.15, 0.2) is 42.7 Å². The number of hydrogen-bond acceptors (Lipinski definition) is 7. The molecular weight excluding hydrogens is 415 g/mol. The highest BCUT2D eigenvalue weighted by Gasteiger charge is 2.24. The lowest BCUT2D eigenvalue weighted by molar-refractivity contribution is 0.0594. The fraction of sp³-hybridized carbons (Fsp3) is 0.273. The predicted molar refractivity (Wildman–Crippen MR) is 117 cm³/mol. The zero-order chi connectivity index (χ0) is 22.7. The fourth-order valence-corrected chi connectivity index (χ4v) is 3.72. The highest BCUT2D eigenvalue weighted by Crippen LogP contribution is 2.31. The monoisotopic (exact) mass is 438 g/mol. The van der Waals surface area contributed by atoms with Gasteiger partial charge in [0, 0.05) is 37.1 Å². The lowest BCUT2D eigenvalue weighted by Gasteiger charge is -2.34. The zero-order valence-electron chi connectivity index (χ0n) is 17.5. The van der Waals surface area contributed by atoms with Gasteiger partial charge in [-0.3, -0.25) is 4.79 Å². The number of aromatic amines is 1. The lowest BCUT2D eigenvalue weighted by atomic mass is 10.1. The highest BCUT2D eigenvalue weighted by molar-refractivity contribution is 6.04. The summed E-state index contributed by atoms with van der Waals surface area (Å²) in [6, 6.07) is 7.68. The quantitative estimate of drug-likeness (QED) is 0.523. The number of H-pyrrole nitrogens is 1. The number of ether oxygens (including phenoxy) is 1. The Balaban J connectivity index is 1.56. The maximum atomic E-state index is 14.7. The van der Waals surface area contributed by atoms with Gasteiger partial charge < -0.3 is 25.7 Å². The van der Waals surface area contributed by atoms with Gasteiger partial charge in [0.1, 0.15) is 11.5 Å². The van der Waals surface area contributed by atoms with E-state index in [-0.39, 0.29) is 17.6 Å². The number of pyridine rings is 1. The summed E-state index contributed by atoms with van der Waals surface area (Å²) in [5, 5.41) is 2.74. The number of carbonyl (C=O) groups excluding carboxylic acids is 2. The predicted octanol–water partition coefficient (Wildman–Crippen LogP) is 2.58. The molecule has 4 rings (SSSR count). The molecule has 3 heterocycles. The summed E-state index contributed by atoms with van der Waals surface area (Å²) in [5.41, 5.74) is 7.88. The van der Waals surface area contributed by atoms with Crippen molar-refractivity contribution >= 4 is 23.3 Å². The van der Waals surface area contributed by atoms with Crippen LogP contribution >= 0.6 is 0 Å². The van der Waals surface area contributed by atoms with Crippen molar-refractivity contribution in [1.29, 1.82) is 0 Å². The summed E-state index contributed by atoms with van der Waals surface area (Å²) in [7, 11) is 1.27. The van der Waals surface area contributed by atoms with Gasteiger partial charge in [-0.15, -0.1) is 0 Å². The maximum Gasteiger partial charge on any atom is 0.356 e. The number of esters is 1. The number of amides is 1. The van der Waals surface area contributed by atoms with Crippen LogP contribution < -0.4 is 16.0 Å². The number of hydrogen-bond donors (Lipinski definition) is 3. The number of piperidine rings is 1. The van der Waals surface area contributed by atoms with Crippen molar-refractivity contribution < 1.29 is 18.7 Å². The van der Waals surface area contributed by atoms with Gasteiger partial charge in [-0.2, -0.15) is 0 Å². The number of nitrogens with one attached hydrogen (secondary N) is 2. The average molecular weight is 438 g/mol. The summed E-state index contributed by atoms with van der Waals surface area (Å²) in [6.45, 7) is 1.17. The fourth-order valence-electron chi connectivity index (χ4n) is 3.72. The minimum atomic E-state index is -0.573. The number of para-hydroxylation sites is 1. The number of rotatable bonds is 5. The molecule has 9 nitrogen and oxygen atoms in total. The average Bonchev–Trinajstić information content (AvgIpc) is 3.29. The van der Waals surface area contributed by atoms with Crippen LogP contribution in [0.2, 0.25) is 0 Å². The molecule has 1 atom stereocenters. The number of methoxy groups -OCH3 is 1. The lowest BCUT2D eigenvalue weighted by Crippen LogP contribution is -2.43. The topological polar surface area (TPSA) is 126 Å². The SMILES string of the molecule is COC(=O)c1cc(-c2c[nH]c(C(=O)Nc3cccc(F)c3N3CCC[C@@H](N)C3)n2)ccn1. The molecule has 1 amide bonds. The molecule has 166 valence electrons. The standard InChI is InChI=1S/C22H23FN6O3/c1-32-22(31)17-10-13(7-8-25-17)18-11-26-20(27-18)21(30)28-16-6-2-5-15(23)19(16)29-9-3-4-14(24)12-29/h2,5-8,10-11,14H,3-4,9,12,24H2,1H3,(H,26,27)(H,28,30)/t14-/m1/s1. The van der Waals surface area contributed by atoms with Gasteiger partial charge in [0.05, 0.1) is 24.2 Å². The van der Waals surface area contributed by atoms with Crippen molar-refractivity contribution in [2.75, 3.05) is 30.4 Å². The van der Waals surface area contributed by atoms with Gasteiger partial charge in [0.15, 0.2) is 5.82 Å². The molecule has 0 unspecified atom stereocenters. The van der Waals surface area contributed by atoms with Crippen LogP contribution in [0.3, 0.4) is 0 Å². The number of halogens is 1. The van der Waals surface area contributed by atoms with E-state index in [1.807, 2.05) is 4.90 Å². The summed E-state index contributed by atoms with van der Waals surface area (Å²) in [5.74, 6) is -1.48. The van der Waals surface area contributed by atoms with E-state index in [4.69, 9.17) is 5.73 Å². The van der Waals surface area contributed by atoms with Crippen molar-refractivity contribution in [3.63, 3.8) is 0 Å². The van der Waals surface area contributed by atoms with Crippen LogP contribution in [0.4, 0.5) is 15.8 Å². The number of imidazole rings is 1. The van der Waals surface area contributed by atoms with Gasteiger partial charge in [-0.05, 0) is 37.1 Å². The molecule has 1 fully saturated rings. The minimum absolute atomic E-state index is 0.0435. The molecule has 0 spiro atoms. The number of benzene rings is 1. The zero-order valence-corrected chi connectivity index (χ0v) is 17.5. The first-order chi connectivity index (χ1) is 15.5. The third-order valence-corrected chi connectivity index (χ3v) is 5.25. The number of nitrogens with zero attached hydrogens (tertiary/aromatic N) is 3. The third kappa shape index (κ3) is 4.45. The molecule has 2 aromatic heterocycles. The molecule has 0 bridgehead atoms. The van der Waals surface area contributed by atoms with E-state index in [9.17, 15) is 14.0 Å². The highest BCUT2D eigenvalue weighted by atomic mass is 19.1. The Bertz CT molecular complexity index is 1150. The number of anilines is 2. The Kier molecular flexibility index (Phi) is 6.13. The Morgan fingerprint density at radius 2 is 2.19 bits per heavy atom. The van der Waals surface area contributed by atoms with Gasteiger partial charge in [-0.1, -0.05) is 6.07 Å². The van der Waals surface area contributed by atoms with E-state index >= 15 is 0 Å². The van der Waals surface area contributed by atoms with Gasteiger partial charge >= 0.3 is 5.97 Å². The van der Waals surface area contributed by atoms with E-state index in [1.165, 1.54) is 31.5 Å². The molecule has 1 aromatic carbocycles. The second-order valence-corrected chi connectivity index (χ2v) is 7.49. The summed E-state index contributed by atoms with van der Waals surface area (Å²) in [6.07, 6.45) is 4.73. The number of nitrogens with two attached hydrogens (primary N) is 1. The molecular formula is C22H23FN6O3. The first-order valence-electron chi connectivity index (χ1n) is 10.2.